The van der Waals surface area contributed by atoms with E-state index in [1.807, 2.05) is 50.4 Å². The summed E-state index contributed by atoms with van der Waals surface area (Å²) in [6.45, 7) is 6.08. The molecule has 0 aliphatic carbocycles. The van der Waals surface area contributed by atoms with Crippen molar-refractivity contribution in [3.8, 4) is 0 Å². The highest BCUT2D eigenvalue weighted by Gasteiger charge is 2.02. The molecule has 0 radical (unpaired) electrons. The maximum Gasteiger partial charge on any atom is 0.248 e. The molecule has 2 rings (SSSR count). The molecule has 0 unspecified atom stereocenters. The largest absolute Gasteiger partial charge is 0.322 e. The van der Waals surface area contributed by atoms with E-state index in [0.29, 0.717) is 0 Å². The molecule has 1 heterocycles. The fraction of sp³-hybridized carbons (Fsp3) is 0.188. The van der Waals surface area contributed by atoms with Crippen molar-refractivity contribution in [2.45, 2.75) is 20.8 Å². The third-order valence-corrected chi connectivity index (χ3v) is 3.91. The van der Waals surface area contributed by atoms with Gasteiger partial charge in [-0.2, -0.15) is 0 Å². The van der Waals surface area contributed by atoms with Gasteiger partial charge in [0.25, 0.3) is 0 Å². The van der Waals surface area contributed by atoms with E-state index in [0.717, 1.165) is 16.1 Å². The first-order valence-electron chi connectivity index (χ1n) is 6.16. The number of thiophene rings is 1. The van der Waals surface area contributed by atoms with Gasteiger partial charge in [0.2, 0.25) is 5.91 Å². The second-order valence-electron chi connectivity index (χ2n) is 4.61. The van der Waals surface area contributed by atoms with E-state index in [9.17, 15) is 4.79 Å². The number of carbonyl (C=O) groups excluding carboxylic acids is 1. The summed E-state index contributed by atoms with van der Waals surface area (Å²) in [7, 11) is 0. The van der Waals surface area contributed by atoms with Crippen LogP contribution in [0, 0.1) is 20.8 Å². The monoisotopic (exact) mass is 271 g/mol. The quantitative estimate of drug-likeness (QED) is 0.827. The first-order valence-corrected chi connectivity index (χ1v) is 7.04. The van der Waals surface area contributed by atoms with Crippen LogP contribution in [-0.2, 0) is 4.79 Å². The van der Waals surface area contributed by atoms with Crippen LogP contribution in [0.25, 0.3) is 6.08 Å². The second kappa shape index (κ2) is 5.85. The van der Waals surface area contributed by atoms with Crippen LogP contribution in [0.4, 0.5) is 5.69 Å². The molecule has 19 heavy (non-hydrogen) atoms. The molecule has 0 bridgehead atoms. The summed E-state index contributed by atoms with van der Waals surface area (Å²) < 4.78 is 0. The average Bonchev–Trinajstić information content (AvgIpc) is 2.76. The van der Waals surface area contributed by atoms with Gasteiger partial charge in [0, 0.05) is 16.6 Å². The van der Waals surface area contributed by atoms with Crippen molar-refractivity contribution in [1.82, 2.24) is 0 Å². The van der Waals surface area contributed by atoms with Gasteiger partial charge in [-0.25, -0.2) is 0 Å². The Morgan fingerprint density at radius 3 is 2.58 bits per heavy atom. The van der Waals surface area contributed by atoms with E-state index in [1.54, 1.807) is 17.4 Å². The summed E-state index contributed by atoms with van der Waals surface area (Å²) in [5.41, 5.74) is 4.33. The predicted molar refractivity (Wildman–Crippen MR) is 82.6 cm³/mol. The summed E-state index contributed by atoms with van der Waals surface area (Å²) >= 11 is 1.64. The minimum Gasteiger partial charge on any atom is -0.322 e. The Bertz CT molecular complexity index is 625. The molecule has 0 saturated heterocycles. The topological polar surface area (TPSA) is 29.1 Å². The molecule has 2 nitrogen and oxygen atoms in total. The summed E-state index contributed by atoms with van der Waals surface area (Å²) in [6.07, 6.45) is 3.44. The Labute approximate surface area is 117 Å². The Kier molecular flexibility index (Phi) is 4.17. The van der Waals surface area contributed by atoms with Crippen molar-refractivity contribution in [2.75, 3.05) is 5.32 Å². The minimum atomic E-state index is -0.0975. The van der Waals surface area contributed by atoms with Crippen molar-refractivity contribution in [3.05, 3.63) is 57.3 Å². The molecule has 0 saturated carbocycles. The Morgan fingerprint density at radius 2 is 1.95 bits per heavy atom. The number of amides is 1. The standard InChI is InChI=1S/C16H17NOS/c1-11-4-5-14(13(3)10-11)17-16(18)7-6-15-12(2)8-9-19-15/h4-10H,1-3H3,(H,17,18)/b7-6+. The maximum atomic E-state index is 11.9. The normalized spacial score (nSPS) is 10.9. The summed E-state index contributed by atoms with van der Waals surface area (Å²) in [6, 6.07) is 8.04. The van der Waals surface area contributed by atoms with Crippen LogP contribution < -0.4 is 5.32 Å². The highest BCUT2D eigenvalue weighted by Crippen LogP contribution is 2.18. The van der Waals surface area contributed by atoms with Gasteiger partial charge >= 0.3 is 0 Å². The third kappa shape index (κ3) is 3.55. The van der Waals surface area contributed by atoms with Crippen molar-refractivity contribution in [3.63, 3.8) is 0 Å². The lowest BCUT2D eigenvalue weighted by atomic mass is 10.1. The van der Waals surface area contributed by atoms with Crippen molar-refractivity contribution in [1.29, 1.82) is 0 Å². The summed E-state index contributed by atoms with van der Waals surface area (Å²) in [4.78, 5) is 13.0. The van der Waals surface area contributed by atoms with E-state index >= 15 is 0 Å². The van der Waals surface area contributed by atoms with Gasteiger partial charge in [-0.1, -0.05) is 17.7 Å². The first kappa shape index (κ1) is 13.6. The van der Waals surface area contributed by atoms with Gasteiger partial charge in [0.05, 0.1) is 0 Å². The minimum absolute atomic E-state index is 0.0975. The fourth-order valence-electron chi connectivity index (χ4n) is 1.83. The lowest BCUT2D eigenvalue weighted by Crippen LogP contribution is -2.08. The number of hydrogen-bond donors (Lipinski definition) is 1. The van der Waals surface area contributed by atoms with E-state index < -0.39 is 0 Å². The van der Waals surface area contributed by atoms with Crippen LogP contribution in [0.3, 0.4) is 0 Å². The van der Waals surface area contributed by atoms with Crippen molar-refractivity contribution >= 4 is 29.0 Å². The highest BCUT2D eigenvalue weighted by molar-refractivity contribution is 7.11. The summed E-state index contributed by atoms with van der Waals surface area (Å²) in [5.74, 6) is -0.0975. The predicted octanol–water partition coefficient (Wildman–Crippen LogP) is 4.33. The Hall–Kier alpha value is -1.87. The molecular weight excluding hydrogens is 254 g/mol. The maximum absolute atomic E-state index is 11.9. The lowest BCUT2D eigenvalue weighted by molar-refractivity contribution is -0.111. The van der Waals surface area contributed by atoms with Gasteiger partial charge in [-0.15, -0.1) is 11.3 Å². The number of benzene rings is 1. The Balaban J connectivity index is 2.05. The molecule has 2 aromatic rings. The van der Waals surface area contributed by atoms with Gasteiger partial charge in [-0.05, 0) is 55.5 Å². The van der Waals surface area contributed by atoms with Crippen LogP contribution in [0.5, 0.6) is 0 Å². The van der Waals surface area contributed by atoms with Gasteiger partial charge in [0.1, 0.15) is 0 Å². The zero-order chi connectivity index (χ0) is 13.8. The molecule has 0 aliphatic rings. The van der Waals surface area contributed by atoms with Crippen molar-refractivity contribution < 1.29 is 4.79 Å². The second-order valence-corrected chi connectivity index (χ2v) is 5.56. The van der Waals surface area contributed by atoms with Crippen LogP contribution in [-0.4, -0.2) is 5.91 Å². The Morgan fingerprint density at radius 1 is 1.16 bits per heavy atom. The molecule has 1 aromatic carbocycles. The molecule has 0 aliphatic heterocycles. The van der Waals surface area contributed by atoms with Crippen molar-refractivity contribution in [2.24, 2.45) is 0 Å². The number of anilines is 1. The number of hydrogen-bond acceptors (Lipinski definition) is 2. The molecule has 0 spiro atoms. The average molecular weight is 271 g/mol. The van der Waals surface area contributed by atoms with Gasteiger partial charge in [-0.3, -0.25) is 4.79 Å². The zero-order valence-corrected chi connectivity index (χ0v) is 12.2. The van der Waals surface area contributed by atoms with E-state index in [2.05, 4.69) is 11.4 Å². The van der Waals surface area contributed by atoms with Gasteiger partial charge < -0.3 is 5.32 Å². The van der Waals surface area contributed by atoms with E-state index in [-0.39, 0.29) is 5.91 Å². The lowest BCUT2D eigenvalue weighted by Gasteiger charge is -2.06. The van der Waals surface area contributed by atoms with Crippen LogP contribution in [0.2, 0.25) is 0 Å². The molecule has 1 N–H and O–H groups in total. The first-order chi connectivity index (χ1) is 9.06. The highest BCUT2D eigenvalue weighted by atomic mass is 32.1. The molecule has 1 amide bonds. The molecule has 0 fully saturated rings. The summed E-state index contributed by atoms with van der Waals surface area (Å²) in [5, 5.41) is 4.92. The smallest absolute Gasteiger partial charge is 0.248 e. The van der Waals surface area contributed by atoms with E-state index in [1.165, 1.54) is 11.1 Å². The van der Waals surface area contributed by atoms with E-state index in [4.69, 9.17) is 0 Å². The van der Waals surface area contributed by atoms with Gasteiger partial charge in [0.15, 0.2) is 0 Å². The van der Waals surface area contributed by atoms with Crippen LogP contribution in [0.1, 0.15) is 21.6 Å². The van der Waals surface area contributed by atoms with Crippen LogP contribution in [0.15, 0.2) is 35.7 Å². The molecule has 1 aromatic heterocycles. The molecule has 98 valence electrons. The third-order valence-electron chi connectivity index (χ3n) is 2.93. The van der Waals surface area contributed by atoms with Crippen LogP contribution >= 0.6 is 11.3 Å². The number of rotatable bonds is 3. The fourth-order valence-corrected chi connectivity index (χ4v) is 2.65. The SMILES string of the molecule is Cc1ccc(NC(=O)/C=C/c2sccc2C)c(C)c1. The number of nitrogens with one attached hydrogen (secondary N) is 1. The zero-order valence-electron chi connectivity index (χ0n) is 11.4. The molecule has 0 atom stereocenters. The molecular formula is C16H17NOS. The number of aryl methyl sites for hydroxylation is 3. The number of carbonyl (C=O) groups is 1. The molecule has 3 heteroatoms.